The zero-order valence-electron chi connectivity index (χ0n) is 10.2. The minimum Gasteiger partial charge on any atom is -0.370 e. The number of rotatable bonds is 3. The lowest BCUT2D eigenvalue weighted by Gasteiger charge is -2.38. The van der Waals surface area contributed by atoms with Gasteiger partial charge in [0.05, 0.1) is 30.3 Å². The van der Waals surface area contributed by atoms with E-state index in [0.29, 0.717) is 0 Å². The van der Waals surface area contributed by atoms with Gasteiger partial charge in [0, 0.05) is 25.7 Å². The molecule has 0 aromatic carbocycles. The number of hydrogen-bond donors (Lipinski definition) is 1. The Labute approximate surface area is 101 Å². The number of aromatic nitrogens is 1. The van der Waals surface area contributed by atoms with Crippen LogP contribution in [0.3, 0.4) is 0 Å². The van der Waals surface area contributed by atoms with Gasteiger partial charge in [-0.15, -0.1) is 0 Å². The molecule has 4 nitrogen and oxygen atoms in total. The normalized spacial score (nSPS) is 25.0. The molecular formula is C12H18FN3O. The molecule has 1 aromatic rings. The molecule has 1 fully saturated rings. The number of likely N-dealkylation sites (N-methyl/N-ethyl adjacent to an activating group) is 1. The van der Waals surface area contributed by atoms with Gasteiger partial charge in [0.1, 0.15) is 5.82 Å². The average molecular weight is 239 g/mol. The molecule has 0 saturated carbocycles. The van der Waals surface area contributed by atoms with E-state index in [1.54, 1.807) is 6.20 Å². The number of ether oxygens (including phenoxy) is 1. The second kappa shape index (κ2) is 5.42. The summed E-state index contributed by atoms with van der Waals surface area (Å²) in [5, 5.41) is 3.10. The molecule has 94 valence electrons. The largest absolute Gasteiger partial charge is 0.370 e. The minimum atomic E-state index is -0.299. The molecule has 1 saturated heterocycles. The molecule has 2 heterocycles. The van der Waals surface area contributed by atoms with Gasteiger partial charge < -0.3 is 15.0 Å². The van der Waals surface area contributed by atoms with Crippen molar-refractivity contribution in [2.45, 2.75) is 19.1 Å². The van der Waals surface area contributed by atoms with Gasteiger partial charge in [0.15, 0.2) is 0 Å². The van der Waals surface area contributed by atoms with E-state index in [1.165, 1.54) is 12.3 Å². The third-order valence-corrected chi connectivity index (χ3v) is 2.81. The van der Waals surface area contributed by atoms with Crippen molar-refractivity contribution in [1.29, 1.82) is 0 Å². The Hall–Kier alpha value is -1.20. The highest BCUT2D eigenvalue weighted by Gasteiger charge is 2.25. The van der Waals surface area contributed by atoms with Gasteiger partial charge in [-0.05, 0) is 14.0 Å². The first-order valence-corrected chi connectivity index (χ1v) is 5.84. The molecule has 0 bridgehead atoms. The van der Waals surface area contributed by atoms with Crippen molar-refractivity contribution in [1.82, 2.24) is 10.3 Å². The summed E-state index contributed by atoms with van der Waals surface area (Å²) in [5.74, 6) is -0.299. The molecule has 2 unspecified atom stereocenters. The van der Waals surface area contributed by atoms with Gasteiger partial charge in [-0.1, -0.05) is 0 Å². The highest BCUT2D eigenvalue weighted by Crippen LogP contribution is 2.19. The molecule has 1 N–H and O–H groups in total. The van der Waals surface area contributed by atoms with Crippen LogP contribution in [0.15, 0.2) is 18.5 Å². The predicted molar refractivity (Wildman–Crippen MR) is 64.7 cm³/mol. The van der Waals surface area contributed by atoms with Gasteiger partial charge in [-0.3, -0.25) is 4.98 Å². The van der Waals surface area contributed by atoms with E-state index >= 15 is 0 Å². The van der Waals surface area contributed by atoms with E-state index < -0.39 is 0 Å². The van der Waals surface area contributed by atoms with Crippen molar-refractivity contribution in [3.8, 4) is 0 Å². The molecule has 1 aliphatic rings. The Bertz CT molecular complexity index is 375. The maximum absolute atomic E-state index is 13.1. The Kier molecular flexibility index (Phi) is 3.91. The number of nitrogens with one attached hydrogen (secondary N) is 1. The fourth-order valence-electron chi connectivity index (χ4n) is 2.17. The molecule has 17 heavy (non-hydrogen) atoms. The quantitative estimate of drug-likeness (QED) is 0.855. The molecule has 0 aliphatic carbocycles. The summed E-state index contributed by atoms with van der Waals surface area (Å²) in [5.41, 5.74) is 0.821. The smallest absolute Gasteiger partial charge is 0.143 e. The number of hydrogen-bond acceptors (Lipinski definition) is 4. The fourth-order valence-corrected chi connectivity index (χ4v) is 2.17. The number of anilines is 1. The third kappa shape index (κ3) is 3.14. The summed E-state index contributed by atoms with van der Waals surface area (Å²) < 4.78 is 18.9. The van der Waals surface area contributed by atoms with Crippen molar-refractivity contribution in [2.75, 3.05) is 31.6 Å². The zero-order chi connectivity index (χ0) is 12.3. The molecule has 0 spiro atoms. The Morgan fingerprint density at radius 1 is 1.53 bits per heavy atom. The van der Waals surface area contributed by atoms with Crippen LogP contribution in [0.4, 0.5) is 10.1 Å². The molecule has 5 heteroatoms. The van der Waals surface area contributed by atoms with Crippen molar-refractivity contribution in [2.24, 2.45) is 0 Å². The van der Waals surface area contributed by atoms with Crippen LogP contribution in [-0.2, 0) is 4.74 Å². The molecule has 1 aromatic heterocycles. The summed E-state index contributed by atoms with van der Waals surface area (Å²) >= 11 is 0. The minimum absolute atomic E-state index is 0.131. The second-order valence-electron chi connectivity index (χ2n) is 4.39. The van der Waals surface area contributed by atoms with Gasteiger partial charge >= 0.3 is 0 Å². The number of morpholine rings is 1. The van der Waals surface area contributed by atoms with Crippen LogP contribution in [0.25, 0.3) is 0 Å². The first-order chi connectivity index (χ1) is 8.19. The molecule has 1 aliphatic heterocycles. The number of pyridine rings is 1. The Balaban J connectivity index is 2.09. The zero-order valence-corrected chi connectivity index (χ0v) is 10.2. The third-order valence-electron chi connectivity index (χ3n) is 2.81. The Morgan fingerprint density at radius 2 is 2.35 bits per heavy atom. The van der Waals surface area contributed by atoms with Crippen LogP contribution in [0, 0.1) is 5.82 Å². The van der Waals surface area contributed by atoms with E-state index in [0.717, 1.165) is 25.3 Å². The summed E-state index contributed by atoms with van der Waals surface area (Å²) in [4.78, 5) is 6.00. The van der Waals surface area contributed by atoms with Crippen molar-refractivity contribution in [3.63, 3.8) is 0 Å². The number of nitrogens with zero attached hydrogens (tertiary/aromatic N) is 2. The first kappa shape index (κ1) is 12.3. The van der Waals surface area contributed by atoms with Crippen molar-refractivity contribution in [3.05, 3.63) is 24.3 Å². The summed E-state index contributed by atoms with van der Waals surface area (Å²) in [7, 11) is 1.90. The lowest BCUT2D eigenvalue weighted by Crippen LogP contribution is -2.49. The van der Waals surface area contributed by atoms with Crippen molar-refractivity contribution < 1.29 is 9.13 Å². The van der Waals surface area contributed by atoms with Crippen LogP contribution in [0.1, 0.15) is 6.92 Å². The Morgan fingerprint density at radius 3 is 3.06 bits per heavy atom. The van der Waals surface area contributed by atoms with Crippen LogP contribution in [0.5, 0.6) is 0 Å². The second-order valence-corrected chi connectivity index (χ2v) is 4.39. The van der Waals surface area contributed by atoms with E-state index in [2.05, 4.69) is 15.2 Å². The number of halogens is 1. The van der Waals surface area contributed by atoms with Crippen LogP contribution >= 0.6 is 0 Å². The van der Waals surface area contributed by atoms with Crippen molar-refractivity contribution >= 4 is 5.69 Å². The van der Waals surface area contributed by atoms with Crippen LogP contribution in [-0.4, -0.2) is 43.9 Å². The highest BCUT2D eigenvalue weighted by molar-refractivity contribution is 5.44. The van der Waals surface area contributed by atoms with E-state index in [-0.39, 0.29) is 18.0 Å². The fraction of sp³-hybridized carbons (Fsp3) is 0.583. The average Bonchev–Trinajstić information content (AvgIpc) is 2.28. The molecule has 0 amide bonds. The topological polar surface area (TPSA) is 37.4 Å². The standard InChI is InChI=1S/C12H18FN3O/c1-9-7-16(8-12(17-9)6-14-2)11-3-10(13)4-15-5-11/h3-5,9,12,14H,6-8H2,1-2H3. The van der Waals surface area contributed by atoms with Crippen LogP contribution in [0.2, 0.25) is 0 Å². The lowest BCUT2D eigenvalue weighted by molar-refractivity contribution is -0.0138. The monoisotopic (exact) mass is 239 g/mol. The predicted octanol–water partition coefficient (Wildman–Crippen LogP) is 1.03. The van der Waals surface area contributed by atoms with E-state index in [9.17, 15) is 4.39 Å². The van der Waals surface area contributed by atoms with Gasteiger partial charge in [0.2, 0.25) is 0 Å². The molecule has 2 rings (SSSR count). The maximum Gasteiger partial charge on any atom is 0.143 e. The summed E-state index contributed by atoms with van der Waals surface area (Å²) in [6.07, 6.45) is 3.19. The summed E-state index contributed by atoms with van der Waals surface area (Å²) in [6.45, 7) is 4.35. The SMILES string of the molecule is CNCC1CN(c2cncc(F)c2)CC(C)O1. The van der Waals surface area contributed by atoms with E-state index in [1.807, 2.05) is 14.0 Å². The van der Waals surface area contributed by atoms with Crippen LogP contribution < -0.4 is 10.2 Å². The summed E-state index contributed by atoms with van der Waals surface area (Å²) in [6, 6.07) is 1.52. The lowest BCUT2D eigenvalue weighted by atomic mass is 10.2. The maximum atomic E-state index is 13.1. The molecule has 0 radical (unpaired) electrons. The van der Waals surface area contributed by atoms with Gasteiger partial charge in [-0.25, -0.2) is 4.39 Å². The van der Waals surface area contributed by atoms with Gasteiger partial charge in [-0.2, -0.15) is 0 Å². The van der Waals surface area contributed by atoms with Gasteiger partial charge in [0.25, 0.3) is 0 Å². The highest BCUT2D eigenvalue weighted by atomic mass is 19.1. The first-order valence-electron chi connectivity index (χ1n) is 5.84. The molecule has 2 atom stereocenters. The van der Waals surface area contributed by atoms with E-state index in [4.69, 9.17) is 4.74 Å². The molecular weight excluding hydrogens is 221 g/mol.